The van der Waals surface area contributed by atoms with Crippen molar-refractivity contribution in [1.29, 1.82) is 0 Å². The SMILES string of the molecule is CC(C)C(=O)Oc1ccc(C[C@H](N)C(N)=O)cc1OC(=O)C(C)C.CC(C)C(=O)Oc1ccc(C[C@H](N)C(N)=O)cc1OC(=O)C(C)C.Cl.O=C(O)C(F)(F)F. The van der Waals surface area contributed by atoms with Crippen LogP contribution in [0.15, 0.2) is 36.4 Å². The molecule has 2 rings (SSSR count). The first-order valence-corrected chi connectivity index (χ1v) is 16.7. The maximum atomic E-state index is 11.9. The van der Waals surface area contributed by atoms with Crippen molar-refractivity contribution in [2.24, 2.45) is 46.6 Å². The Labute approximate surface area is 328 Å². The molecule has 2 aromatic carbocycles. The standard InChI is InChI=1S/2C17H24N2O5.C2HF3O2.ClH/c2*1-9(2)16(21)23-13-6-5-11(7-12(18)15(19)20)8-14(13)24-17(22)10(3)4;3-2(4,5)1(6)7;/h2*5-6,8-10,12H,7,18H2,1-4H3,(H2,19,20);(H,6,7);1H/t2*12-;;/m00../s1. The fraction of sp³-hybridized carbons (Fsp3) is 0.472. The average molecular weight is 823 g/mol. The summed E-state index contributed by atoms with van der Waals surface area (Å²) in [4.78, 5) is 78.4. The Balaban J connectivity index is 0. The van der Waals surface area contributed by atoms with Crippen LogP contribution in [0.25, 0.3) is 0 Å². The number of rotatable bonds is 14. The minimum absolute atomic E-state index is 0. The van der Waals surface area contributed by atoms with Crippen molar-refractivity contribution >= 4 is 54.1 Å². The first-order chi connectivity index (χ1) is 25.2. The smallest absolute Gasteiger partial charge is 0.475 e. The number of carbonyl (C=O) groups is 7. The fourth-order valence-corrected chi connectivity index (χ4v) is 3.30. The molecule has 0 spiro atoms. The van der Waals surface area contributed by atoms with Crippen molar-refractivity contribution in [2.75, 3.05) is 0 Å². The Morgan fingerprint density at radius 2 is 0.786 bits per heavy atom. The number of alkyl halides is 3. The largest absolute Gasteiger partial charge is 0.490 e. The number of carbonyl (C=O) groups excluding carboxylic acids is 6. The lowest BCUT2D eigenvalue weighted by atomic mass is 10.1. The van der Waals surface area contributed by atoms with Crippen LogP contribution in [-0.2, 0) is 46.4 Å². The van der Waals surface area contributed by atoms with Gasteiger partial charge in [0.15, 0.2) is 23.0 Å². The van der Waals surface area contributed by atoms with Gasteiger partial charge in [0, 0.05) is 0 Å². The molecule has 0 unspecified atom stereocenters. The predicted molar refractivity (Wildman–Crippen MR) is 197 cm³/mol. The topological polar surface area (TPSA) is 281 Å². The molecule has 0 saturated carbocycles. The molecule has 0 fully saturated rings. The summed E-state index contributed by atoms with van der Waals surface area (Å²) in [5, 5.41) is 7.12. The highest BCUT2D eigenvalue weighted by atomic mass is 35.5. The number of aliphatic carboxylic acids is 1. The summed E-state index contributed by atoms with van der Waals surface area (Å²) in [5.41, 5.74) is 22.9. The number of esters is 4. The Hall–Kier alpha value is -5.27. The third-order valence-corrected chi connectivity index (χ3v) is 6.63. The van der Waals surface area contributed by atoms with Gasteiger partial charge in [0.1, 0.15) is 0 Å². The molecule has 0 aliphatic rings. The average Bonchev–Trinajstić information content (AvgIpc) is 3.06. The third-order valence-electron chi connectivity index (χ3n) is 6.63. The molecule has 0 aliphatic heterocycles. The van der Waals surface area contributed by atoms with E-state index in [1.807, 2.05) is 0 Å². The van der Waals surface area contributed by atoms with E-state index in [2.05, 4.69) is 0 Å². The molecular weight excluding hydrogens is 773 g/mol. The van der Waals surface area contributed by atoms with E-state index in [0.717, 1.165) is 0 Å². The number of hydrogen-bond donors (Lipinski definition) is 5. The lowest BCUT2D eigenvalue weighted by molar-refractivity contribution is -0.192. The lowest BCUT2D eigenvalue weighted by Gasteiger charge is -2.15. The van der Waals surface area contributed by atoms with Crippen molar-refractivity contribution in [1.82, 2.24) is 0 Å². The Morgan fingerprint density at radius 3 is 0.982 bits per heavy atom. The highest BCUT2D eigenvalue weighted by Gasteiger charge is 2.38. The van der Waals surface area contributed by atoms with Crippen LogP contribution in [0.5, 0.6) is 23.0 Å². The monoisotopic (exact) mass is 822 g/mol. The van der Waals surface area contributed by atoms with E-state index < -0.39 is 59.9 Å². The van der Waals surface area contributed by atoms with Gasteiger partial charge in [0.05, 0.1) is 35.8 Å². The minimum atomic E-state index is -5.08. The second-order valence-electron chi connectivity index (χ2n) is 13.1. The van der Waals surface area contributed by atoms with Crippen molar-refractivity contribution in [3.63, 3.8) is 0 Å². The second-order valence-corrected chi connectivity index (χ2v) is 13.1. The zero-order chi connectivity index (χ0) is 43.0. The number of primary amides is 2. The highest BCUT2D eigenvalue weighted by molar-refractivity contribution is 5.85. The van der Waals surface area contributed by atoms with Crippen LogP contribution in [0.3, 0.4) is 0 Å². The number of ether oxygens (including phenoxy) is 4. The molecule has 0 heterocycles. The van der Waals surface area contributed by atoms with Gasteiger partial charge in [-0.15, -0.1) is 12.4 Å². The molecule has 0 saturated heterocycles. The molecule has 2 amide bonds. The van der Waals surface area contributed by atoms with Crippen LogP contribution in [0.2, 0.25) is 0 Å². The summed E-state index contributed by atoms with van der Waals surface area (Å²) in [7, 11) is 0. The van der Waals surface area contributed by atoms with Crippen molar-refractivity contribution in [2.45, 2.75) is 86.5 Å². The molecule has 20 heteroatoms. The number of nitrogens with two attached hydrogens (primary N) is 4. The number of carboxylic acid groups (broad SMARTS) is 1. The molecule has 0 aliphatic carbocycles. The molecule has 9 N–H and O–H groups in total. The highest BCUT2D eigenvalue weighted by Crippen LogP contribution is 2.32. The quantitative estimate of drug-likeness (QED) is 0.135. The molecule has 314 valence electrons. The lowest BCUT2D eigenvalue weighted by Crippen LogP contribution is -2.38. The maximum Gasteiger partial charge on any atom is 0.490 e. The van der Waals surface area contributed by atoms with E-state index in [1.54, 1.807) is 67.5 Å². The van der Waals surface area contributed by atoms with Gasteiger partial charge < -0.3 is 47.0 Å². The van der Waals surface area contributed by atoms with Crippen LogP contribution < -0.4 is 41.9 Å². The van der Waals surface area contributed by atoms with E-state index in [4.69, 9.17) is 51.8 Å². The summed E-state index contributed by atoms with van der Waals surface area (Å²) in [6.07, 6.45) is -4.72. The minimum Gasteiger partial charge on any atom is -0.475 e. The second kappa shape index (κ2) is 24.3. The third kappa shape index (κ3) is 19.9. The van der Waals surface area contributed by atoms with Crippen LogP contribution in [-0.4, -0.2) is 65.0 Å². The molecule has 56 heavy (non-hydrogen) atoms. The van der Waals surface area contributed by atoms with E-state index >= 15 is 0 Å². The van der Waals surface area contributed by atoms with E-state index in [1.165, 1.54) is 24.3 Å². The Bertz CT molecular complexity index is 1580. The number of halogens is 4. The van der Waals surface area contributed by atoms with E-state index in [9.17, 15) is 41.9 Å². The van der Waals surface area contributed by atoms with Gasteiger partial charge in [-0.25, -0.2) is 4.79 Å². The van der Waals surface area contributed by atoms with Gasteiger partial charge in [-0.3, -0.25) is 28.8 Å². The van der Waals surface area contributed by atoms with Gasteiger partial charge in [0.2, 0.25) is 11.8 Å². The van der Waals surface area contributed by atoms with Gasteiger partial charge in [-0.05, 0) is 48.2 Å². The predicted octanol–water partition coefficient (Wildman–Crippen LogP) is 3.38. The Morgan fingerprint density at radius 1 is 0.554 bits per heavy atom. The fourth-order valence-electron chi connectivity index (χ4n) is 3.30. The molecule has 2 aromatic rings. The first kappa shape index (κ1) is 52.8. The molecule has 0 aromatic heterocycles. The van der Waals surface area contributed by atoms with Gasteiger partial charge in [-0.1, -0.05) is 67.5 Å². The zero-order valence-corrected chi connectivity index (χ0v) is 32.9. The summed E-state index contributed by atoms with van der Waals surface area (Å²) in [6.45, 7) is 13.5. The summed E-state index contributed by atoms with van der Waals surface area (Å²) >= 11 is 0. The van der Waals surface area contributed by atoms with Crippen molar-refractivity contribution in [3.05, 3.63) is 47.5 Å². The molecule has 0 radical (unpaired) electrons. The number of benzene rings is 2. The van der Waals surface area contributed by atoms with Crippen molar-refractivity contribution < 1.29 is 70.8 Å². The van der Waals surface area contributed by atoms with Gasteiger partial charge in [0.25, 0.3) is 0 Å². The molecule has 16 nitrogen and oxygen atoms in total. The maximum absolute atomic E-state index is 11.9. The number of amides is 2. The first-order valence-electron chi connectivity index (χ1n) is 16.7. The number of hydrogen-bond acceptors (Lipinski definition) is 13. The van der Waals surface area contributed by atoms with Crippen LogP contribution in [0, 0.1) is 23.7 Å². The molecule has 2 atom stereocenters. The van der Waals surface area contributed by atoms with Crippen molar-refractivity contribution in [3.8, 4) is 23.0 Å². The molecular formula is C36H50ClF3N4O12. The van der Waals surface area contributed by atoms with Crippen LogP contribution >= 0.6 is 12.4 Å². The number of carboxylic acids is 1. The summed E-state index contributed by atoms with van der Waals surface area (Å²) in [6, 6.07) is 7.61. The molecule has 0 bridgehead atoms. The normalized spacial score (nSPS) is 11.8. The van der Waals surface area contributed by atoms with Gasteiger partial charge >= 0.3 is 36.0 Å². The van der Waals surface area contributed by atoms with E-state index in [-0.39, 0.29) is 71.9 Å². The van der Waals surface area contributed by atoms with Crippen LogP contribution in [0.1, 0.15) is 66.5 Å². The zero-order valence-electron chi connectivity index (χ0n) is 32.1. The van der Waals surface area contributed by atoms with Crippen LogP contribution in [0.4, 0.5) is 13.2 Å². The summed E-state index contributed by atoms with van der Waals surface area (Å²) < 4.78 is 52.8. The summed E-state index contributed by atoms with van der Waals surface area (Å²) in [5.74, 6) is -6.72. The van der Waals surface area contributed by atoms with E-state index in [0.29, 0.717) is 11.1 Å². The Kier molecular flexibility index (Phi) is 22.9. The van der Waals surface area contributed by atoms with Gasteiger partial charge in [-0.2, -0.15) is 13.2 Å².